The average Bonchev–Trinajstić information content (AvgIpc) is 3.12. The molecule has 2 rings (SSSR count). The standard InChI is InChI=1S/C17H24N4O5S/c1-6-25-14(23)11-9-27-15(19-11)20-13(22)12-7-10(8-21(12)5)18-16(24)26-17(2,3)4/h8-9,12H,6-7H2,1-5H3,(H,18,24)(H,19,20,22). The summed E-state index contributed by atoms with van der Waals surface area (Å²) in [4.78, 5) is 41.8. The van der Waals surface area contributed by atoms with Gasteiger partial charge in [0.2, 0.25) is 5.91 Å². The Bertz CT molecular complexity index is 753. The van der Waals surface area contributed by atoms with Crippen LogP contribution in [0.25, 0.3) is 0 Å². The second-order valence-corrected chi connectivity index (χ2v) is 7.77. The Hall–Kier alpha value is -2.62. The molecule has 2 heterocycles. The molecule has 1 aromatic heterocycles. The van der Waals surface area contributed by atoms with Gasteiger partial charge in [0.15, 0.2) is 10.8 Å². The summed E-state index contributed by atoms with van der Waals surface area (Å²) < 4.78 is 10.1. The van der Waals surface area contributed by atoms with Crippen LogP contribution >= 0.6 is 11.3 Å². The molecule has 10 heteroatoms. The van der Waals surface area contributed by atoms with Crippen molar-refractivity contribution in [1.82, 2.24) is 15.2 Å². The van der Waals surface area contributed by atoms with Crippen LogP contribution in [0.5, 0.6) is 0 Å². The van der Waals surface area contributed by atoms with Gasteiger partial charge in [-0.2, -0.15) is 0 Å². The Morgan fingerprint density at radius 3 is 2.67 bits per heavy atom. The first-order valence-corrected chi connectivity index (χ1v) is 9.33. The fraction of sp³-hybridized carbons (Fsp3) is 0.529. The fourth-order valence-corrected chi connectivity index (χ4v) is 3.04. The summed E-state index contributed by atoms with van der Waals surface area (Å²) in [7, 11) is 1.74. The third-order valence-corrected chi connectivity index (χ3v) is 4.21. The van der Waals surface area contributed by atoms with E-state index in [4.69, 9.17) is 9.47 Å². The highest BCUT2D eigenvalue weighted by Crippen LogP contribution is 2.22. The Kier molecular flexibility index (Phi) is 6.42. The van der Waals surface area contributed by atoms with Gasteiger partial charge in [-0.15, -0.1) is 11.3 Å². The number of ether oxygens (including phenoxy) is 2. The molecule has 0 fully saturated rings. The van der Waals surface area contributed by atoms with Crippen molar-refractivity contribution in [2.75, 3.05) is 19.0 Å². The zero-order valence-electron chi connectivity index (χ0n) is 16.0. The maximum Gasteiger partial charge on any atom is 0.411 e. The van der Waals surface area contributed by atoms with Crippen LogP contribution in [-0.2, 0) is 14.3 Å². The van der Waals surface area contributed by atoms with Gasteiger partial charge in [0.1, 0.15) is 11.6 Å². The lowest BCUT2D eigenvalue weighted by Gasteiger charge is -2.20. The van der Waals surface area contributed by atoms with Gasteiger partial charge >= 0.3 is 12.1 Å². The highest BCUT2D eigenvalue weighted by Gasteiger charge is 2.30. The Morgan fingerprint density at radius 1 is 1.33 bits per heavy atom. The van der Waals surface area contributed by atoms with Crippen molar-refractivity contribution in [1.29, 1.82) is 0 Å². The van der Waals surface area contributed by atoms with E-state index >= 15 is 0 Å². The number of thiazole rings is 1. The van der Waals surface area contributed by atoms with Crippen molar-refractivity contribution in [3.63, 3.8) is 0 Å². The van der Waals surface area contributed by atoms with Gasteiger partial charge in [-0.25, -0.2) is 14.6 Å². The van der Waals surface area contributed by atoms with E-state index in [0.29, 0.717) is 17.2 Å². The zero-order chi connectivity index (χ0) is 20.2. The molecule has 0 radical (unpaired) electrons. The van der Waals surface area contributed by atoms with Crippen molar-refractivity contribution in [3.05, 3.63) is 23.0 Å². The number of anilines is 1. The Labute approximate surface area is 161 Å². The van der Waals surface area contributed by atoms with Crippen molar-refractivity contribution in [2.45, 2.75) is 45.8 Å². The van der Waals surface area contributed by atoms with Crippen LogP contribution in [0.3, 0.4) is 0 Å². The zero-order valence-corrected chi connectivity index (χ0v) is 16.8. The molecule has 0 aromatic carbocycles. The first-order chi connectivity index (χ1) is 12.6. The number of likely N-dealkylation sites (N-methyl/N-ethyl adjacent to an activating group) is 1. The Morgan fingerprint density at radius 2 is 2.04 bits per heavy atom. The van der Waals surface area contributed by atoms with Crippen molar-refractivity contribution in [2.24, 2.45) is 0 Å². The number of carbonyl (C=O) groups is 3. The van der Waals surface area contributed by atoms with E-state index in [2.05, 4.69) is 15.6 Å². The van der Waals surface area contributed by atoms with Gasteiger partial charge in [-0.05, 0) is 27.7 Å². The third kappa shape index (κ3) is 5.95. The van der Waals surface area contributed by atoms with Crippen LogP contribution in [0.2, 0.25) is 0 Å². The lowest BCUT2D eigenvalue weighted by molar-refractivity contribution is -0.119. The quantitative estimate of drug-likeness (QED) is 0.735. The second kappa shape index (κ2) is 8.38. The number of nitrogens with one attached hydrogen (secondary N) is 2. The van der Waals surface area contributed by atoms with E-state index < -0.39 is 23.7 Å². The highest BCUT2D eigenvalue weighted by molar-refractivity contribution is 7.14. The molecule has 0 saturated carbocycles. The molecular formula is C17H24N4O5S. The van der Waals surface area contributed by atoms with Gasteiger partial charge in [-0.1, -0.05) is 0 Å². The fourth-order valence-electron chi connectivity index (χ4n) is 2.36. The molecule has 9 nitrogen and oxygen atoms in total. The van der Waals surface area contributed by atoms with E-state index in [1.54, 1.807) is 45.8 Å². The lowest BCUT2D eigenvalue weighted by Crippen LogP contribution is -2.37. The summed E-state index contributed by atoms with van der Waals surface area (Å²) in [5.41, 5.74) is 0.133. The number of alkyl carbamates (subject to hydrolysis) is 1. The van der Waals surface area contributed by atoms with Crippen LogP contribution in [0.4, 0.5) is 9.93 Å². The molecule has 2 amide bonds. The molecule has 0 aliphatic carbocycles. The molecule has 1 aliphatic heterocycles. The van der Waals surface area contributed by atoms with Gasteiger partial charge in [0.25, 0.3) is 0 Å². The van der Waals surface area contributed by atoms with Crippen LogP contribution in [0.1, 0.15) is 44.6 Å². The first kappa shape index (κ1) is 20.7. The molecule has 27 heavy (non-hydrogen) atoms. The van der Waals surface area contributed by atoms with E-state index in [9.17, 15) is 14.4 Å². The largest absolute Gasteiger partial charge is 0.461 e. The highest BCUT2D eigenvalue weighted by atomic mass is 32.1. The number of aromatic nitrogens is 1. The van der Waals surface area contributed by atoms with Gasteiger partial charge < -0.3 is 19.7 Å². The molecule has 1 aromatic rings. The predicted octanol–water partition coefficient (Wildman–Crippen LogP) is 2.33. The minimum atomic E-state index is -0.604. The molecule has 0 spiro atoms. The van der Waals surface area contributed by atoms with Crippen LogP contribution in [0.15, 0.2) is 17.3 Å². The number of esters is 1. The number of hydrogen-bond acceptors (Lipinski definition) is 8. The number of rotatable bonds is 5. The van der Waals surface area contributed by atoms with E-state index in [1.165, 1.54) is 5.38 Å². The third-order valence-electron chi connectivity index (χ3n) is 3.45. The number of nitrogens with zero attached hydrogens (tertiary/aromatic N) is 2. The van der Waals surface area contributed by atoms with Gasteiger partial charge in [0.05, 0.1) is 6.61 Å². The second-order valence-electron chi connectivity index (χ2n) is 6.91. The monoisotopic (exact) mass is 396 g/mol. The SMILES string of the molecule is CCOC(=O)c1csc(NC(=O)C2CC(NC(=O)OC(C)(C)C)=CN2C)n1. The lowest BCUT2D eigenvalue weighted by atomic mass is 10.2. The van der Waals surface area contributed by atoms with Crippen molar-refractivity contribution in [3.8, 4) is 0 Å². The smallest absolute Gasteiger partial charge is 0.411 e. The summed E-state index contributed by atoms with van der Waals surface area (Å²) in [6, 6.07) is -0.509. The van der Waals surface area contributed by atoms with E-state index in [-0.39, 0.29) is 18.2 Å². The summed E-state index contributed by atoms with van der Waals surface area (Å²) in [5.74, 6) is -0.822. The summed E-state index contributed by atoms with van der Waals surface area (Å²) in [6.45, 7) is 7.28. The van der Waals surface area contributed by atoms with E-state index in [0.717, 1.165) is 11.3 Å². The predicted molar refractivity (Wildman–Crippen MR) is 100 cm³/mol. The number of carbonyl (C=O) groups excluding carboxylic acids is 3. The average molecular weight is 396 g/mol. The molecule has 0 saturated heterocycles. The molecule has 1 unspecified atom stereocenters. The molecule has 0 bridgehead atoms. The first-order valence-electron chi connectivity index (χ1n) is 8.45. The maximum atomic E-state index is 12.5. The topological polar surface area (TPSA) is 110 Å². The normalized spacial score (nSPS) is 16.6. The minimum absolute atomic E-state index is 0.155. The Balaban J connectivity index is 1.91. The van der Waals surface area contributed by atoms with Crippen molar-refractivity contribution >= 4 is 34.4 Å². The molecule has 1 aliphatic rings. The van der Waals surface area contributed by atoms with Gasteiger partial charge in [-0.3, -0.25) is 10.1 Å². The molecular weight excluding hydrogens is 372 g/mol. The summed E-state index contributed by atoms with van der Waals surface area (Å²) >= 11 is 1.14. The van der Waals surface area contributed by atoms with E-state index in [1.807, 2.05) is 0 Å². The van der Waals surface area contributed by atoms with Crippen LogP contribution in [0, 0.1) is 0 Å². The van der Waals surface area contributed by atoms with Crippen LogP contribution < -0.4 is 10.6 Å². The van der Waals surface area contributed by atoms with Crippen LogP contribution in [-0.4, -0.2) is 53.2 Å². The van der Waals surface area contributed by atoms with Gasteiger partial charge in [0, 0.05) is 30.7 Å². The molecule has 148 valence electrons. The summed E-state index contributed by atoms with van der Waals surface area (Å²) in [5, 5.41) is 7.17. The minimum Gasteiger partial charge on any atom is -0.461 e. The number of hydrogen-bond donors (Lipinski definition) is 2. The van der Waals surface area contributed by atoms with Crippen molar-refractivity contribution < 1.29 is 23.9 Å². The summed E-state index contributed by atoms with van der Waals surface area (Å²) in [6.07, 6.45) is 1.43. The molecule has 2 N–H and O–H groups in total. The molecule has 1 atom stereocenters. The maximum absolute atomic E-state index is 12.5. The number of amides is 2.